The normalized spacial score (nSPS) is 11.3. The lowest BCUT2D eigenvalue weighted by atomic mass is 10.0. The Morgan fingerprint density at radius 1 is 0.500 bits per heavy atom. The molecule has 194 valence electrons. The summed E-state index contributed by atoms with van der Waals surface area (Å²) in [4.78, 5) is 3.91. The van der Waals surface area contributed by atoms with Gasteiger partial charge in [-0.2, -0.15) is 5.26 Å². The third-order valence-corrected chi connectivity index (χ3v) is 8.19. The van der Waals surface area contributed by atoms with E-state index in [1.165, 1.54) is 0 Å². The molecule has 2 aromatic heterocycles. The maximum atomic E-state index is 10.2. The average molecular weight is 535 g/mol. The molecule has 0 spiro atoms. The summed E-state index contributed by atoms with van der Waals surface area (Å²) in [6.45, 7) is 7.99. The van der Waals surface area contributed by atoms with Gasteiger partial charge in [-0.25, -0.2) is 4.85 Å². The minimum absolute atomic E-state index is 0.585. The molecule has 0 fully saturated rings. The van der Waals surface area contributed by atoms with Crippen LogP contribution in [0.2, 0.25) is 0 Å². The van der Waals surface area contributed by atoms with Crippen LogP contribution in [-0.4, -0.2) is 9.13 Å². The Labute approximate surface area is 242 Å². The second-order valence-corrected chi connectivity index (χ2v) is 10.4. The molecule has 0 atom stereocenters. The molecular formula is C38H22N4. The number of rotatable bonds is 3. The predicted molar refractivity (Wildman–Crippen MR) is 172 cm³/mol. The Bertz CT molecular complexity index is 2160. The lowest BCUT2D eigenvalue weighted by Crippen LogP contribution is -1.99. The fourth-order valence-electron chi connectivity index (χ4n) is 6.33. The Morgan fingerprint density at radius 3 is 1.36 bits per heavy atom. The second-order valence-electron chi connectivity index (χ2n) is 10.4. The van der Waals surface area contributed by atoms with Gasteiger partial charge in [0.2, 0.25) is 5.69 Å². The van der Waals surface area contributed by atoms with E-state index < -0.39 is 0 Å². The van der Waals surface area contributed by atoms with Crippen LogP contribution < -0.4 is 0 Å². The van der Waals surface area contributed by atoms with E-state index in [4.69, 9.17) is 6.57 Å². The van der Waals surface area contributed by atoms with Crippen molar-refractivity contribution in [3.8, 4) is 28.6 Å². The Balaban J connectivity index is 1.39. The Hall–Kier alpha value is -6.10. The van der Waals surface area contributed by atoms with Gasteiger partial charge in [0.15, 0.2) is 0 Å². The van der Waals surface area contributed by atoms with Crippen molar-refractivity contribution in [2.24, 2.45) is 0 Å². The molecule has 8 rings (SSSR count). The molecule has 0 amide bonds. The molecule has 0 saturated carbocycles. The molecule has 0 bridgehead atoms. The highest BCUT2D eigenvalue weighted by Gasteiger charge is 2.18. The summed E-state index contributed by atoms with van der Waals surface area (Å²) in [5.41, 5.74) is 9.05. The molecule has 4 nitrogen and oxygen atoms in total. The number of hydrogen-bond acceptors (Lipinski definition) is 1. The first-order chi connectivity index (χ1) is 20.8. The van der Waals surface area contributed by atoms with Crippen LogP contribution in [0.25, 0.3) is 71.0 Å². The van der Waals surface area contributed by atoms with Gasteiger partial charge in [0.25, 0.3) is 0 Å². The summed E-state index contributed by atoms with van der Waals surface area (Å²) in [7, 11) is 0. The maximum absolute atomic E-state index is 10.2. The van der Waals surface area contributed by atoms with Gasteiger partial charge >= 0.3 is 0 Å². The van der Waals surface area contributed by atoms with Crippen molar-refractivity contribution < 1.29 is 0 Å². The lowest BCUT2D eigenvalue weighted by molar-refractivity contribution is 1.17. The SMILES string of the molecule is [C-]#[N+]c1ccc(-c2ccc(C#N)c(-n3c4ccccc4c4ccccc43)c2)cc1-n1c2ccccc2c2ccccc21. The molecule has 4 heteroatoms. The maximum Gasteiger partial charge on any atom is 0.210 e. The summed E-state index contributed by atoms with van der Waals surface area (Å²) in [6.07, 6.45) is 0. The summed E-state index contributed by atoms with van der Waals surface area (Å²) in [5.74, 6) is 0. The average Bonchev–Trinajstić information content (AvgIpc) is 3.57. The van der Waals surface area contributed by atoms with Crippen LogP contribution >= 0.6 is 0 Å². The van der Waals surface area contributed by atoms with E-state index >= 15 is 0 Å². The highest BCUT2D eigenvalue weighted by molar-refractivity contribution is 6.10. The van der Waals surface area contributed by atoms with Crippen molar-refractivity contribution in [3.05, 3.63) is 150 Å². The van der Waals surface area contributed by atoms with Crippen LogP contribution in [0.5, 0.6) is 0 Å². The van der Waals surface area contributed by atoms with Crippen molar-refractivity contribution in [1.82, 2.24) is 9.13 Å². The molecular weight excluding hydrogens is 512 g/mol. The molecule has 8 aromatic rings. The monoisotopic (exact) mass is 534 g/mol. The first-order valence-electron chi connectivity index (χ1n) is 13.8. The molecule has 2 heterocycles. The quantitative estimate of drug-likeness (QED) is 0.208. The van der Waals surface area contributed by atoms with Gasteiger partial charge in [0, 0.05) is 21.5 Å². The Kier molecular flexibility index (Phi) is 5.22. The molecule has 6 aromatic carbocycles. The standard InChI is InChI=1S/C38H22N4/c1-40-32-21-20-26(23-38(32)42-35-16-8-4-12-30(35)31-13-5-9-17-36(31)42)25-18-19-27(24-39)37(22-25)41-33-14-6-2-10-28(33)29-11-3-7-15-34(29)41/h2-23H. The van der Waals surface area contributed by atoms with Gasteiger partial charge in [-0.15, -0.1) is 0 Å². The van der Waals surface area contributed by atoms with Crippen molar-refractivity contribution in [1.29, 1.82) is 5.26 Å². The van der Waals surface area contributed by atoms with Gasteiger partial charge in [0.05, 0.1) is 45.6 Å². The number of fused-ring (bicyclic) bond motifs is 6. The highest BCUT2D eigenvalue weighted by atomic mass is 15.0. The van der Waals surface area contributed by atoms with Crippen molar-refractivity contribution in [2.45, 2.75) is 0 Å². The number of aromatic nitrogens is 2. The first-order valence-corrected chi connectivity index (χ1v) is 13.8. The van der Waals surface area contributed by atoms with Crippen LogP contribution in [0.3, 0.4) is 0 Å². The number of nitrogens with zero attached hydrogens (tertiary/aromatic N) is 4. The van der Waals surface area contributed by atoms with E-state index in [0.717, 1.165) is 66.1 Å². The van der Waals surface area contributed by atoms with Crippen LogP contribution in [0, 0.1) is 17.9 Å². The zero-order valence-corrected chi connectivity index (χ0v) is 22.5. The zero-order valence-electron chi connectivity index (χ0n) is 22.5. The summed E-state index contributed by atoms with van der Waals surface area (Å²) in [5, 5.41) is 14.8. The van der Waals surface area contributed by atoms with Gasteiger partial charge < -0.3 is 9.13 Å². The van der Waals surface area contributed by atoms with Gasteiger partial charge in [-0.3, -0.25) is 0 Å². The summed E-state index contributed by atoms with van der Waals surface area (Å²) >= 11 is 0. The van der Waals surface area contributed by atoms with E-state index in [1.54, 1.807) is 0 Å². The minimum atomic E-state index is 0.585. The van der Waals surface area contributed by atoms with Crippen LogP contribution in [0.15, 0.2) is 133 Å². The fourth-order valence-corrected chi connectivity index (χ4v) is 6.33. The largest absolute Gasteiger partial charge is 0.319 e. The van der Waals surface area contributed by atoms with Crippen LogP contribution in [0.4, 0.5) is 5.69 Å². The first kappa shape index (κ1) is 23.8. The Morgan fingerprint density at radius 2 is 0.905 bits per heavy atom. The smallest absolute Gasteiger partial charge is 0.210 e. The fraction of sp³-hybridized carbons (Fsp3) is 0. The molecule has 0 aliphatic carbocycles. The zero-order chi connectivity index (χ0) is 28.2. The lowest BCUT2D eigenvalue weighted by Gasteiger charge is -2.15. The highest BCUT2D eigenvalue weighted by Crippen LogP contribution is 2.39. The minimum Gasteiger partial charge on any atom is -0.319 e. The molecule has 0 saturated heterocycles. The van der Waals surface area contributed by atoms with Gasteiger partial charge in [-0.1, -0.05) is 91.0 Å². The van der Waals surface area contributed by atoms with E-state index in [0.29, 0.717) is 11.3 Å². The number of para-hydroxylation sites is 4. The molecule has 0 unspecified atom stereocenters. The number of benzene rings is 6. The topological polar surface area (TPSA) is 38.0 Å². The summed E-state index contributed by atoms with van der Waals surface area (Å²) < 4.78 is 4.38. The summed E-state index contributed by atoms with van der Waals surface area (Å²) in [6, 6.07) is 47.7. The third kappa shape index (κ3) is 3.40. The number of nitriles is 1. The second kappa shape index (κ2) is 9.24. The molecule has 0 radical (unpaired) electrons. The molecule has 42 heavy (non-hydrogen) atoms. The number of hydrogen-bond donors (Lipinski definition) is 0. The van der Waals surface area contributed by atoms with E-state index in [2.05, 4.69) is 105 Å². The van der Waals surface area contributed by atoms with Crippen LogP contribution in [0.1, 0.15) is 5.56 Å². The van der Waals surface area contributed by atoms with E-state index in [1.807, 2.05) is 48.5 Å². The molecule has 0 aliphatic heterocycles. The molecule has 0 aliphatic rings. The van der Waals surface area contributed by atoms with E-state index in [9.17, 15) is 5.26 Å². The third-order valence-electron chi connectivity index (χ3n) is 8.19. The predicted octanol–water partition coefficient (Wildman–Crippen LogP) is 9.97. The van der Waals surface area contributed by atoms with Crippen molar-refractivity contribution in [2.75, 3.05) is 0 Å². The molecule has 0 N–H and O–H groups in total. The van der Waals surface area contributed by atoms with Crippen molar-refractivity contribution in [3.63, 3.8) is 0 Å². The van der Waals surface area contributed by atoms with Crippen molar-refractivity contribution >= 4 is 49.3 Å². The van der Waals surface area contributed by atoms with Crippen LogP contribution in [-0.2, 0) is 0 Å². The van der Waals surface area contributed by atoms with Gasteiger partial charge in [0.1, 0.15) is 6.07 Å². The van der Waals surface area contributed by atoms with Gasteiger partial charge in [-0.05, 0) is 53.6 Å². The van der Waals surface area contributed by atoms with E-state index in [-0.39, 0.29) is 0 Å².